The van der Waals surface area contributed by atoms with Crippen molar-refractivity contribution in [3.8, 4) is 11.8 Å². The summed E-state index contributed by atoms with van der Waals surface area (Å²) >= 11 is 0. The maximum Gasteiger partial charge on any atom is 0.119 e. The molecule has 3 nitrogen and oxygen atoms in total. The van der Waals surface area contributed by atoms with Gasteiger partial charge in [-0.25, -0.2) is 0 Å². The number of aliphatic hydroxyl groups excluding tert-OH is 1. The van der Waals surface area contributed by atoms with Crippen molar-refractivity contribution < 1.29 is 9.84 Å². The summed E-state index contributed by atoms with van der Waals surface area (Å²) < 4.78 is 5.65. The number of nitriles is 1. The van der Waals surface area contributed by atoms with Crippen molar-refractivity contribution in [2.45, 2.75) is 38.5 Å². The molecule has 0 amide bonds. The highest BCUT2D eigenvalue weighted by molar-refractivity contribution is 5.74. The van der Waals surface area contributed by atoms with E-state index in [0.29, 0.717) is 12.2 Å². The average molecular weight is 273 g/mol. The molecule has 1 aromatic carbocycles. The third-order valence-electron chi connectivity index (χ3n) is 3.16. The van der Waals surface area contributed by atoms with Gasteiger partial charge >= 0.3 is 0 Å². The third-order valence-corrected chi connectivity index (χ3v) is 3.16. The summed E-state index contributed by atoms with van der Waals surface area (Å²) in [5.74, 6) is 0.833. The van der Waals surface area contributed by atoms with E-state index in [9.17, 15) is 0 Å². The highest BCUT2D eigenvalue weighted by atomic mass is 16.5. The zero-order chi connectivity index (χ0) is 14.6. The van der Waals surface area contributed by atoms with Gasteiger partial charge in [0.2, 0.25) is 0 Å². The minimum absolute atomic E-state index is 0.303. The predicted molar refractivity (Wildman–Crippen MR) is 81.4 cm³/mol. The summed E-state index contributed by atoms with van der Waals surface area (Å²) in [6, 6.07) is 9.49. The maximum atomic E-state index is 8.74. The smallest absolute Gasteiger partial charge is 0.119 e. The van der Waals surface area contributed by atoms with Crippen molar-refractivity contribution in [1.29, 1.82) is 5.26 Å². The lowest BCUT2D eigenvalue weighted by Gasteiger charge is -2.07. The predicted octanol–water partition coefficient (Wildman–Crippen LogP) is 3.94. The Hall–Kier alpha value is -1.79. The van der Waals surface area contributed by atoms with Crippen LogP contribution in [0.5, 0.6) is 5.75 Å². The van der Waals surface area contributed by atoms with Crippen LogP contribution in [-0.4, -0.2) is 18.3 Å². The first-order valence-corrected chi connectivity index (χ1v) is 7.21. The van der Waals surface area contributed by atoms with Gasteiger partial charge in [0.25, 0.3) is 0 Å². The Morgan fingerprint density at radius 3 is 2.25 bits per heavy atom. The monoisotopic (exact) mass is 273 g/mol. The standard InChI is InChI=1S/C17H23NO2/c1-15(14-18)16-8-10-17(11-9-16)20-13-7-5-3-2-4-6-12-19/h8-11,19H,1-7,12-13H2. The fourth-order valence-electron chi connectivity index (χ4n) is 1.93. The van der Waals surface area contributed by atoms with E-state index in [0.717, 1.165) is 43.6 Å². The summed E-state index contributed by atoms with van der Waals surface area (Å²) in [5, 5.41) is 17.4. The second kappa shape index (κ2) is 10.1. The van der Waals surface area contributed by atoms with E-state index in [2.05, 4.69) is 6.58 Å². The normalized spacial score (nSPS) is 10.0. The number of hydrogen-bond acceptors (Lipinski definition) is 3. The molecular formula is C17H23NO2. The number of unbranched alkanes of at least 4 members (excludes halogenated alkanes) is 5. The average Bonchev–Trinajstić information content (AvgIpc) is 2.50. The van der Waals surface area contributed by atoms with Crippen LogP contribution in [-0.2, 0) is 0 Å². The van der Waals surface area contributed by atoms with Crippen LogP contribution in [0.3, 0.4) is 0 Å². The van der Waals surface area contributed by atoms with Crippen LogP contribution in [0.25, 0.3) is 5.57 Å². The van der Waals surface area contributed by atoms with E-state index in [4.69, 9.17) is 15.1 Å². The summed E-state index contributed by atoms with van der Waals surface area (Å²) in [5.41, 5.74) is 1.31. The summed E-state index contributed by atoms with van der Waals surface area (Å²) in [6.45, 7) is 4.70. The Bertz CT molecular complexity index is 431. The van der Waals surface area contributed by atoms with E-state index in [1.54, 1.807) is 0 Å². The Balaban J connectivity index is 2.13. The lowest BCUT2D eigenvalue weighted by atomic mass is 10.1. The number of nitrogens with zero attached hydrogens (tertiary/aromatic N) is 1. The molecular weight excluding hydrogens is 250 g/mol. The van der Waals surface area contributed by atoms with Gasteiger partial charge in [0.15, 0.2) is 0 Å². The highest BCUT2D eigenvalue weighted by Gasteiger charge is 1.98. The van der Waals surface area contributed by atoms with Crippen LogP contribution in [0.1, 0.15) is 44.1 Å². The SMILES string of the molecule is C=C(C#N)c1ccc(OCCCCCCCCO)cc1. The van der Waals surface area contributed by atoms with E-state index in [1.165, 1.54) is 12.8 Å². The van der Waals surface area contributed by atoms with Gasteiger partial charge in [0.1, 0.15) is 5.75 Å². The molecule has 0 spiro atoms. The minimum Gasteiger partial charge on any atom is -0.494 e. The Morgan fingerprint density at radius 2 is 1.65 bits per heavy atom. The van der Waals surface area contributed by atoms with Crippen molar-refractivity contribution in [1.82, 2.24) is 0 Å². The van der Waals surface area contributed by atoms with Crippen molar-refractivity contribution in [3.05, 3.63) is 36.4 Å². The Labute approximate surface area is 121 Å². The van der Waals surface area contributed by atoms with Crippen molar-refractivity contribution >= 4 is 5.57 Å². The fraction of sp³-hybridized carbons (Fsp3) is 0.471. The van der Waals surface area contributed by atoms with Gasteiger partial charge in [0, 0.05) is 6.61 Å². The van der Waals surface area contributed by atoms with Gasteiger partial charge < -0.3 is 9.84 Å². The number of aliphatic hydroxyl groups is 1. The largest absolute Gasteiger partial charge is 0.494 e. The molecule has 1 N–H and O–H groups in total. The van der Waals surface area contributed by atoms with Crippen LogP contribution in [0.15, 0.2) is 30.8 Å². The lowest BCUT2D eigenvalue weighted by Crippen LogP contribution is -1.97. The van der Waals surface area contributed by atoms with Gasteiger partial charge in [-0.2, -0.15) is 5.26 Å². The van der Waals surface area contributed by atoms with E-state index >= 15 is 0 Å². The quantitative estimate of drug-likeness (QED) is 0.519. The Morgan fingerprint density at radius 1 is 1.05 bits per heavy atom. The second-order valence-electron chi connectivity index (χ2n) is 4.81. The van der Waals surface area contributed by atoms with Crippen LogP contribution in [0.4, 0.5) is 0 Å². The first-order chi connectivity index (χ1) is 9.77. The fourth-order valence-corrected chi connectivity index (χ4v) is 1.93. The molecule has 0 aromatic heterocycles. The van der Waals surface area contributed by atoms with Gasteiger partial charge in [-0.3, -0.25) is 0 Å². The van der Waals surface area contributed by atoms with Gasteiger partial charge in [-0.1, -0.05) is 32.3 Å². The Kier molecular flexibility index (Phi) is 8.17. The number of hydrogen-bond donors (Lipinski definition) is 1. The molecule has 0 unspecified atom stereocenters. The molecule has 0 aliphatic rings. The number of allylic oxidation sites excluding steroid dienone is 1. The van der Waals surface area contributed by atoms with Gasteiger partial charge in [-0.15, -0.1) is 0 Å². The molecule has 1 aromatic rings. The van der Waals surface area contributed by atoms with Gasteiger partial charge in [-0.05, 0) is 42.7 Å². The molecule has 0 heterocycles. The molecule has 108 valence electrons. The molecule has 0 radical (unpaired) electrons. The summed E-state index contributed by atoms with van der Waals surface area (Å²) in [6.07, 6.45) is 6.62. The number of ether oxygens (including phenoxy) is 1. The van der Waals surface area contributed by atoms with Crippen LogP contribution >= 0.6 is 0 Å². The highest BCUT2D eigenvalue weighted by Crippen LogP contribution is 2.17. The zero-order valence-corrected chi connectivity index (χ0v) is 12.0. The van der Waals surface area contributed by atoms with Gasteiger partial charge in [0.05, 0.1) is 18.2 Å². The van der Waals surface area contributed by atoms with Crippen LogP contribution < -0.4 is 4.74 Å². The first kappa shape index (κ1) is 16.3. The molecule has 0 bridgehead atoms. The zero-order valence-electron chi connectivity index (χ0n) is 12.0. The second-order valence-corrected chi connectivity index (χ2v) is 4.81. The minimum atomic E-state index is 0.303. The number of benzene rings is 1. The molecule has 3 heteroatoms. The van der Waals surface area contributed by atoms with Crippen LogP contribution in [0.2, 0.25) is 0 Å². The number of rotatable bonds is 10. The van der Waals surface area contributed by atoms with Crippen LogP contribution in [0, 0.1) is 11.3 Å². The lowest BCUT2D eigenvalue weighted by molar-refractivity contribution is 0.280. The first-order valence-electron chi connectivity index (χ1n) is 7.21. The van der Waals surface area contributed by atoms with E-state index in [1.807, 2.05) is 30.3 Å². The molecule has 1 rings (SSSR count). The molecule has 0 saturated carbocycles. The topological polar surface area (TPSA) is 53.2 Å². The molecule has 0 fully saturated rings. The van der Waals surface area contributed by atoms with E-state index in [-0.39, 0.29) is 0 Å². The van der Waals surface area contributed by atoms with E-state index < -0.39 is 0 Å². The molecule has 0 aliphatic heterocycles. The maximum absolute atomic E-state index is 8.74. The molecule has 0 saturated heterocycles. The summed E-state index contributed by atoms with van der Waals surface area (Å²) in [7, 11) is 0. The third kappa shape index (κ3) is 6.40. The van der Waals surface area contributed by atoms with Crippen molar-refractivity contribution in [2.24, 2.45) is 0 Å². The van der Waals surface area contributed by atoms with Crippen molar-refractivity contribution in [3.63, 3.8) is 0 Å². The molecule has 0 aliphatic carbocycles. The molecule has 0 atom stereocenters. The summed E-state index contributed by atoms with van der Waals surface area (Å²) in [4.78, 5) is 0. The molecule has 20 heavy (non-hydrogen) atoms. The van der Waals surface area contributed by atoms with Crippen molar-refractivity contribution in [2.75, 3.05) is 13.2 Å².